The van der Waals surface area contributed by atoms with Crippen molar-refractivity contribution in [3.05, 3.63) is 58.7 Å². The van der Waals surface area contributed by atoms with Crippen LogP contribution in [0.15, 0.2) is 42.5 Å². The van der Waals surface area contributed by atoms with Crippen LogP contribution in [0.2, 0.25) is 5.02 Å². The van der Waals surface area contributed by atoms with E-state index in [9.17, 15) is 9.59 Å². The number of hydrogen-bond donors (Lipinski definition) is 0. The minimum atomic E-state index is -0.490. The Morgan fingerprint density at radius 1 is 1.07 bits per heavy atom. The van der Waals surface area contributed by atoms with Crippen molar-refractivity contribution in [2.75, 3.05) is 20.8 Å². The molecule has 0 saturated carbocycles. The summed E-state index contributed by atoms with van der Waals surface area (Å²) in [6.45, 7) is 1.62. The molecular weight excluding hydrogens is 370 g/mol. The lowest BCUT2D eigenvalue weighted by Gasteiger charge is -2.09. The second-order valence-corrected chi connectivity index (χ2v) is 6.25. The Balaban J connectivity index is 2.18. The van der Waals surface area contributed by atoms with Crippen LogP contribution in [-0.4, -0.2) is 37.3 Å². The first-order valence-electron chi connectivity index (χ1n) is 8.15. The molecule has 3 rings (SSSR count). The van der Waals surface area contributed by atoms with Gasteiger partial charge in [0.1, 0.15) is 5.75 Å². The number of carbonyl (C=O) groups is 2. The van der Waals surface area contributed by atoms with Crippen molar-refractivity contribution in [1.82, 2.24) is 4.57 Å². The maximum absolute atomic E-state index is 12.4. The zero-order chi connectivity index (χ0) is 19.6. The molecule has 0 fully saturated rings. The first-order chi connectivity index (χ1) is 13.0. The van der Waals surface area contributed by atoms with Gasteiger partial charge in [0, 0.05) is 21.8 Å². The summed E-state index contributed by atoms with van der Waals surface area (Å²) in [5, 5.41) is 1.24. The summed E-state index contributed by atoms with van der Waals surface area (Å²) in [4.78, 5) is 23.7. The molecule has 7 heteroatoms. The van der Waals surface area contributed by atoms with Crippen LogP contribution < -0.4 is 4.74 Å². The number of halogens is 1. The van der Waals surface area contributed by atoms with Gasteiger partial charge in [-0.2, -0.15) is 0 Å². The third kappa shape index (κ3) is 3.61. The van der Waals surface area contributed by atoms with E-state index in [1.54, 1.807) is 18.2 Å². The zero-order valence-corrected chi connectivity index (χ0v) is 15.9. The van der Waals surface area contributed by atoms with Crippen LogP contribution in [0.3, 0.4) is 0 Å². The summed E-state index contributed by atoms with van der Waals surface area (Å²) < 4.78 is 16.9. The Hall–Kier alpha value is -2.99. The molecule has 0 aliphatic carbocycles. The Kier molecular flexibility index (Phi) is 5.37. The highest BCUT2D eigenvalue weighted by Gasteiger charge is 2.22. The van der Waals surface area contributed by atoms with Gasteiger partial charge in [0.2, 0.25) is 0 Å². The average Bonchev–Trinajstić information content (AvgIpc) is 2.96. The van der Waals surface area contributed by atoms with Crippen molar-refractivity contribution in [2.45, 2.75) is 6.92 Å². The van der Waals surface area contributed by atoms with Crippen LogP contribution in [0.4, 0.5) is 0 Å². The number of methoxy groups -OCH3 is 2. The minimum Gasteiger partial charge on any atom is -0.482 e. The van der Waals surface area contributed by atoms with E-state index in [2.05, 4.69) is 4.74 Å². The van der Waals surface area contributed by atoms with Gasteiger partial charge < -0.3 is 18.8 Å². The van der Waals surface area contributed by atoms with E-state index in [4.69, 9.17) is 21.1 Å². The molecule has 2 aromatic carbocycles. The molecule has 140 valence electrons. The van der Waals surface area contributed by atoms with E-state index in [1.807, 2.05) is 35.8 Å². The molecule has 3 aromatic rings. The molecule has 0 amide bonds. The Morgan fingerprint density at radius 3 is 2.52 bits per heavy atom. The SMILES string of the molecule is COC(=O)COc1ccc2c(c1)c(C(=O)OC)c(C)n2-c1cccc(Cl)c1. The van der Waals surface area contributed by atoms with Crippen LogP contribution >= 0.6 is 11.6 Å². The van der Waals surface area contributed by atoms with E-state index in [-0.39, 0.29) is 6.61 Å². The van der Waals surface area contributed by atoms with Crippen LogP contribution in [0, 0.1) is 6.92 Å². The van der Waals surface area contributed by atoms with E-state index >= 15 is 0 Å². The van der Waals surface area contributed by atoms with Crippen molar-refractivity contribution >= 4 is 34.4 Å². The monoisotopic (exact) mass is 387 g/mol. The third-order valence-electron chi connectivity index (χ3n) is 4.22. The number of fused-ring (bicyclic) bond motifs is 1. The number of aromatic nitrogens is 1. The Bertz CT molecular complexity index is 1020. The number of rotatable bonds is 5. The summed E-state index contributed by atoms with van der Waals surface area (Å²) in [7, 11) is 2.63. The molecule has 0 aliphatic rings. The van der Waals surface area contributed by atoms with Crippen molar-refractivity contribution in [3.8, 4) is 11.4 Å². The molecular formula is C20H18ClNO5. The first kappa shape index (κ1) is 18.8. The zero-order valence-electron chi connectivity index (χ0n) is 15.1. The number of nitrogens with zero attached hydrogens (tertiary/aromatic N) is 1. The smallest absolute Gasteiger partial charge is 0.343 e. The van der Waals surface area contributed by atoms with Crippen molar-refractivity contribution in [1.29, 1.82) is 0 Å². The summed E-state index contributed by atoms with van der Waals surface area (Å²) >= 11 is 6.14. The highest BCUT2D eigenvalue weighted by atomic mass is 35.5. The van der Waals surface area contributed by atoms with Gasteiger partial charge in [0.05, 0.1) is 25.3 Å². The molecule has 0 spiro atoms. The molecule has 27 heavy (non-hydrogen) atoms. The van der Waals surface area contributed by atoms with Gasteiger partial charge in [0.15, 0.2) is 6.61 Å². The minimum absolute atomic E-state index is 0.219. The molecule has 1 heterocycles. The van der Waals surface area contributed by atoms with Gasteiger partial charge in [-0.25, -0.2) is 9.59 Å². The second kappa shape index (κ2) is 7.72. The quantitative estimate of drug-likeness (QED) is 0.620. The molecule has 6 nitrogen and oxygen atoms in total. The van der Waals surface area contributed by atoms with Crippen molar-refractivity contribution < 1.29 is 23.8 Å². The highest BCUT2D eigenvalue weighted by Crippen LogP contribution is 2.33. The predicted molar refractivity (Wildman–Crippen MR) is 102 cm³/mol. The predicted octanol–water partition coefficient (Wildman–Crippen LogP) is 3.93. The first-order valence-corrected chi connectivity index (χ1v) is 8.53. The van der Waals surface area contributed by atoms with Gasteiger partial charge >= 0.3 is 11.9 Å². The topological polar surface area (TPSA) is 66.8 Å². The van der Waals surface area contributed by atoms with Crippen molar-refractivity contribution in [2.24, 2.45) is 0 Å². The van der Waals surface area contributed by atoms with E-state index in [0.717, 1.165) is 11.2 Å². The second-order valence-electron chi connectivity index (χ2n) is 5.81. The lowest BCUT2D eigenvalue weighted by molar-refractivity contribution is -0.142. The molecule has 0 saturated heterocycles. The van der Waals surface area contributed by atoms with Gasteiger partial charge in [0.25, 0.3) is 0 Å². The number of ether oxygens (including phenoxy) is 3. The summed E-state index contributed by atoms with van der Waals surface area (Å²) in [5.41, 5.74) is 2.75. The van der Waals surface area contributed by atoms with E-state index in [0.29, 0.717) is 27.4 Å². The summed E-state index contributed by atoms with van der Waals surface area (Å²) in [5.74, 6) is -0.499. The number of esters is 2. The molecule has 0 N–H and O–H groups in total. The number of hydrogen-bond acceptors (Lipinski definition) is 5. The fraction of sp³-hybridized carbons (Fsp3) is 0.200. The molecule has 0 radical (unpaired) electrons. The third-order valence-corrected chi connectivity index (χ3v) is 4.45. The van der Waals surface area contributed by atoms with E-state index < -0.39 is 11.9 Å². The standard InChI is InChI=1S/C20H18ClNO5/c1-12-19(20(24)26-3)16-10-15(27-11-18(23)25-2)7-8-17(16)22(12)14-6-4-5-13(21)9-14/h4-10H,11H2,1-3H3. The maximum atomic E-state index is 12.4. The lowest BCUT2D eigenvalue weighted by atomic mass is 10.1. The number of benzene rings is 2. The fourth-order valence-corrected chi connectivity index (χ4v) is 3.18. The van der Waals surface area contributed by atoms with Gasteiger partial charge in [-0.3, -0.25) is 0 Å². The Morgan fingerprint density at radius 2 is 1.85 bits per heavy atom. The Labute approximate surface area is 161 Å². The molecule has 0 atom stereocenters. The summed E-state index contributed by atoms with van der Waals surface area (Å²) in [6.07, 6.45) is 0. The van der Waals surface area contributed by atoms with Gasteiger partial charge in [-0.1, -0.05) is 17.7 Å². The number of carbonyl (C=O) groups excluding carboxylic acids is 2. The van der Waals surface area contributed by atoms with Gasteiger partial charge in [-0.05, 0) is 43.3 Å². The van der Waals surface area contributed by atoms with Crippen molar-refractivity contribution in [3.63, 3.8) is 0 Å². The fourth-order valence-electron chi connectivity index (χ4n) is 3.00. The van der Waals surface area contributed by atoms with Crippen LogP contribution in [0.5, 0.6) is 5.75 Å². The lowest BCUT2D eigenvalue weighted by Crippen LogP contribution is -2.12. The van der Waals surface area contributed by atoms with Crippen LogP contribution in [0.1, 0.15) is 16.1 Å². The van der Waals surface area contributed by atoms with E-state index in [1.165, 1.54) is 14.2 Å². The summed E-state index contributed by atoms with van der Waals surface area (Å²) in [6, 6.07) is 12.6. The van der Waals surface area contributed by atoms with Crippen LogP contribution in [0.25, 0.3) is 16.6 Å². The highest BCUT2D eigenvalue weighted by molar-refractivity contribution is 6.30. The van der Waals surface area contributed by atoms with Crippen LogP contribution in [-0.2, 0) is 14.3 Å². The maximum Gasteiger partial charge on any atom is 0.343 e. The normalized spacial score (nSPS) is 10.7. The molecule has 0 unspecified atom stereocenters. The van der Waals surface area contributed by atoms with Gasteiger partial charge in [-0.15, -0.1) is 0 Å². The largest absolute Gasteiger partial charge is 0.482 e. The molecule has 0 aliphatic heterocycles. The average molecular weight is 388 g/mol. The molecule has 0 bridgehead atoms. The molecule has 1 aromatic heterocycles.